The van der Waals surface area contributed by atoms with Crippen LogP contribution in [0.1, 0.15) is 25.3 Å². The second kappa shape index (κ2) is 8.50. The smallest absolute Gasteiger partial charge is 0.0634 e. The van der Waals surface area contributed by atoms with Gasteiger partial charge in [0.15, 0.2) is 0 Å². The van der Waals surface area contributed by atoms with E-state index in [9.17, 15) is 0 Å². The molecule has 0 aliphatic carbocycles. The van der Waals surface area contributed by atoms with Gasteiger partial charge in [-0.1, -0.05) is 24.9 Å². The fraction of sp³-hybridized carbons (Fsp3) is 0.583. The van der Waals surface area contributed by atoms with Gasteiger partial charge >= 0.3 is 0 Å². The number of aromatic nitrogens is 1. The predicted octanol–water partition coefficient (Wildman–Crippen LogP) is 2.64. The van der Waals surface area contributed by atoms with Gasteiger partial charge in [0.05, 0.1) is 11.6 Å². The summed E-state index contributed by atoms with van der Waals surface area (Å²) in [5.41, 5.74) is 1.07. The summed E-state index contributed by atoms with van der Waals surface area (Å²) in [6.07, 6.45) is 5.73. The highest BCUT2D eigenvalue weighted by Crippen LogP contribution is 2.12. The fourth-order valence-electron chi connectivity index (χ4n) is 1.26. The second-order valence-electron chi connectivity index (χ2n) is 3.61. The molecule has 0 aliphatic rings. The Morgan fingerprint density at radius 3 is 3.06 bits per heavy atom. The summed E-state index contributed by atoms with van der Waals surface area (Å²) in [4.78, 5) is 3.94. The molecule has 0 saturated carbocycles. The molecule has 1 heterocycles. The summed E-state index contributed by atoms with van der Waals surface area (Å²) in [5.74, 6) is 0. The largest absolute Gasteiger partial charge is 0.380 e. The van der Waals surface area contributed by atoms with Crippen LogP contribution in [-0.2, 0) is 11.3 Å². The van der Waals surface area contributed by atoms with E-state index in [0.29, 0.717) is 5.02 Å². The molecule has 1 N–H and O–H groups in total. The van der Waals surface area contributed by atoms with Gasteiger partial charge in [-0.3, -0.25) is 4.98 Å². The molecule has 0 bridgehead atoms. The van der Waals surface area contributed by atoms with Gasteiger partial charge in [0.25, 0.3) is 0 Å². The predicted molar refractivity (Wildman–Crippen MR) is 66.7 cm³/mol. The minimum atomic E-state index is 0.710. The first-order chi connectivity index (χ1) is 7.84. The first-order valence-corrected chi connectivity index (χ1v) is 6.09. The Hall–Kier alpha value is -0.640. The molecule has 0 amide bonds. The number of nitrogens with one attached hydrogen (secondary N) is 1. The molecule has 0 unspecified atom stereocenters. The van der Waals surface area contributed by atoms with Crippen molar-refractivity contribution in [1.82, 2.24) is 10.3 Å². The van der Waals surface area contributed by atoms with Crippen molar-refractivity contribution in [2.75, 3.05) is 19.8 Å². The van der Waals surface area contributed by atoms with Crippen molar-refractivity contribution in [3.63, 3.8) is 0 Å². The average Bonchev–Trinajstić information content (AvgIpc) is 2.30. The van der Waals surface area contributed by atoms with Gasteiger partial charge in [-0.2, -0.15) is 0 Å². The van der Waals surface area contributed by atoms with Crippen molar-refractivity contribution >= 4 is 11.6 Å². The average molecular weight is 243 g/mol. The Morgan fingerprint density at radius 1 is 1.44 bits per heavy atom. The number of nitrogens with zero attached hydrogens (tertiary/aromatic N) is 1. The molecule has 16 heavy (non-hydrogen) atoms. The molecule has 90 valence electrons. The molecule has 0 saturated heterocycles. The van der Waals surface area contributed by atoms with Crippen LogP contribution in [-0.4, -0.2) is 24.7 Å². The standard InChI is InChI=1S/C12H19ClN2O/c1-2-3-7-16-8-6-15-9-11-4-5-14-10-12(11)13/h4-5,10,15H,2-3,6-9H2,1H3. The molecule has 1 aromatic rings. The zero-order valence-corrected chi connectivity index (χ0v) is 10.5. The molecule has 1 rings (SSSR count). The van der Waals surface area contributed by atoms with Gasteiger partial charge in [-0.25, -0.2) is 0 Å². The highest BCUT2D eigenvalue weighted by molar-refractivity contribution is 6.31. The number of hydrogen-bond donors (Lipinski definition) is 1. The van der Waals surface area contributed by atoms with Crippen molar-refractivity contribution in [1.29, 1.82) is 0 Å². The lowest BCUT2D eigenvalue weighted by molar-refractivity contribution is 0.133. The number of unbranched alkanes of at least 4 members (excludes halogenated alkanes) is 1. The molecular weight excluding hydrogens is 224 g/mol. The molecular formula is C12H19ClN2O. The van der Waals surface area contributed by atoms with E-state index in [2.05, 4.69) is 17.2 Å². The molecule has 0 aromatic carbocycles. The third-order valence-corrected chi connectivity index (χ3v) is 2.58. The summed E-state index contributed by atoms with van der Waals surface area (Å²) in [7, 11) is 0. The van der Waals surface area contributed by atoms with Gasteiger partial charge in [0.2, 0.25) is 0 Å². The molecule has 0 spiro atoms. The maximum absolute atomic E-state index is 5.97. The zero-order valence-electron chi connectivity index (χ0n) is 9.71. The summed E-state index contributed by atoms with van der Waals surface area (Å²) in [6.45, 7) is 5.38. The van der Waals surface area contributed by atoms with Gasteiger partial charge in [0, 0.05) is 32.1 Å². The highest BCUT2D eigenvalue weighted by Gasteiger charge is 1.98. The summed E-state index contributed by atoms with van der Waals surface area (Å²) < 4.78 is 5.43. The number of rotatable bonds is 8. The Morgan fingerprint density at radius 2 is 2.31 bits per heavy atom. The normalized spacial score (nSPS) is 10.6. The van der Waals surface area contributed by atoms with Crippen LogP contribution in [0.5, 0.6) is 0 Å². The molecule has 4 heteroatoms. The van der Waals surface area contributed by atoms with E-state index in [1.165, 1.54) is 6.42 Å². The molecule has 0 aliphatic heterocycles. The third kappa shape index (κ3) is 5.45. The number of ether oxygens (including phenoxy) is 1. The van der Waals surface area contributed by atoms with E-state index in [1.807, 2.05) is 6.07 Å². The van der Waals surface area contributed by atoms with E-state index in [1.54, 1.807) is 12.4 Å². The molecule has 1 aromatic heterocycles. The Labute approximate surface area is 102 Å². The van der Waals surface area contributed by atoms with Gasteiger partial charge in [-0.15, -0.1) is 0 Å². The highest BCUT2D eigenvalue weighted by atomic mass is 35.5. The van der Waals surface area contributed by atoms with E-state index in [-0.39, 0.29) is 0 Å². The topological polar surface area (TPSA) is 34.1 Å². The minimum absolute atomic E-state index is 0.710. The van der Waals surface area contributed by atoms with E-state index in [0.717, 1.165) is 38.3 Å². The van der Waals surface area contributed by atoms with Crippen LogP contribution in [0.3, 0.4) is 0 Å². The lowest BCUT2D eigenvalue weighted by Gasteiger charge is -2.06. The van der Waals surface area contributed by atoms with E-state index >= 15 is 0 Å². The maximum Gasteiger partial charge on any atom is 0.0634 e. The van der Waals surface area contributed by atoms with Crippen LogP contribution in [0.2, 0.25) is 5.02 Å². The number of pyridine rings is 1. The Balaban J connectivity index is 2.05. The molecule has 0 fully saturated rings. The SMILES string of the molecule is CCCCOCCNCc1ccncc1Cl. The Kier molecular flexibility index (Phi) is 7.14. The summed E-state index contributed by atoms with van der Waals surface area (Å²) >= 11 is 5.97. The van der Waals surface area contributed by atoms with Gasteiger partial charge < -0.3 is 10.1 Å². The van der Waals surface area contributed by atoms with Crippen LogP contribution < -0.4 is 5.32 Å². The third-order valence-electron chi connectivity index (χ3n) is 2.24. The van der Waals surface area contributed by atoms with Crippen LogP contribution in [0.4, 0.5) is 0 Å². The van der Waals surface area contributed by atoms with Crippen molar-refractivity contribution in [2.24, 2.45) is 0 Å². The molecule has 3 nitrogen and oxygen atoms in total. The maximum atomic E-state index is 5.97. The van der Waals surface area contributed by atoms with Crippen molar-refractivity contribution < 1.29 is 4.74 Å². The first kappa shape index (κ1) is 13.4. The monoisotopic (exact) mass is 242 g/mol. The molecule has 0 radical (unpaired) electrons. The lowest BCUT2D eigenvalue weighted by Crippen LogP contribution is -2.19. The van der Waals surface area contributed by atoms with Crippen molar-refractivity contribution in [2.45, 2.75) is 26.3 Å². The van der Waals surface area contributed by atoms with Gasteiger partial charge in [-0.05, 0) is 18.1 Å². The van der Waals surface area contributed by atoms with Crippen LogP contribution in [0, 0.1) is 0 Å². The quantitative estimate of drug-likeness (QED) is 0.712. The zero-order chi connectivity index (χ0) is 11.6. The first-order valence-electron chi connectivity index (χ1n) is 5.71. The number of hydrogen-bond acceptors (Lipinski definition) is 3. The lowest BCUT2D eigenvalue weighted by atomic mass is 10.3. The minimum Gasteiger partial charge on any atom is -0.380 e. The second-order valence-corrected chi connectivity index (χ2v) is 4.02. The van der Waals surface area contributed by atoms with Crippen LogP contribution in [0.15, 0.2) is 18.5 Å². The Bertz CT molecular complexity index is 294. The summed E-state index contributed by atoms with van der Waals surface area (Å²) in [6, 6.07) is 1.92. The van der Waals surface area contributed by atoms with E-state index in [4.69, 9.17) is 16.3 Å². The number of halogens is 1. The van der Waals surface area contributed by atoms with E-state index < -0.39 is 0 Å². The fourth-order valence-corrected chi connectivity index (χ4v) is 1.45. The molecule has 0 atom stereocenters. The van der Waals surface area contributed by atoms with Crippen molar-refractivity contribution in [3.05, 3.63) is 29.0 Å². The van der Waals surface area contributed by atoms with Gasteiger partial charge in [0.1, 0.15) is 0 Å². The van der Waals surface area contributed by atoms with Crippen LogP contribution >= 0.6 is 11.6 Å². The van der Waals surface area contributed by atoms with Crippen molar-refractivity contribution in [3.8, 4) is 0 Å². The summed E-state index contributed by atoms with van der Waals surface area (Å²) in [5, 5.41) is 3.99. The van der Waals surface area contributed by atoms with Crippen LogP contribution in [0.25, 0.3) is 0 Å².